The van der Waals surface area contributed by atoms with E-state index in [1.807, 2.05) is 12.1 Å². The number of hydrogen-bond donors (Lipinski definition) is 1. The summed E-state index contributed by atoms with van der Waals surface area (Å²) in [7, 11) is -1.26. The van der Waals surface area contributed by atoms with E-state index in [9.17, 15) is 8.42 Å². The number of benzene rings is 1. The maximum absolute atomic E-state index is 11.7. The fourth-order valence-electron chi connectivity index (χ4n) is 2.19. The third kappa shape index (κ3) is 4.05. The van der Waals surface area contributed by atoms with Crippen molar-refractivity contribution in [2.75, 3.05) is 13.3 Å². The summed E-state index contributed by atoms with van der Waals surface area (Å²) in [4.78, 5) is 0. The van der Waals surface area contributed by atoms with Crippen LogP contribution in [0.4, 0.5) is 0 Å². The fraction of sp³-hybridized carbons (Fsp3) is 0.600. The summed E-state index contributed by atoms with van der Waals surface area (Å²) in [5.41, 5.74) is 2.32. The lowest BCUT2D eigenvalue weighted by atomic mass is 9.95. The molecule has 1 rings (SSSR count). The Bertz CT molecular complexity index is 493. The summed E-state index contributed by atoms with van der Waals surface area (Å²) in [6, 6.07) is 8.10. The van der Waals surface area contributed by atoms with Crippen molar-refractivity contribution in [2.24, 2.45) is 0 Å². The molecular weight excluding hydrogens is 258 g/mol. The SMILES string of the molecule is CCC(C)c1ccc(C(NC)C(C)S(C)(=O)=O)cc1. The van der Waals surface area contributed by atoms with Gasteiger partial charge in [-0.05, 0) is 37.4 Å². The first-order valence-electron chi connectivity index (χ1n) is 6.77. The highest BCUT2D eigenvalue weighted by molar-refractivity contribution is 7.91. The second-order valence-corrected chi connectivity index (χ2v) is 7.68. The van der Waals surface area contributed by atoms with Crippen molar-refractivity contribution in [1.29, 1.82) is 0 Å². The van der Waals surface area contributed by atoms with E-state index in [4.69, 9.17) is 0 Å². The molecule has 1 N–H and O–H groups in total. The zero-order chi connectivity index (χ0) is 14.6. The standard InChI is InChI=1S/C15H25NO2S/c1-6-11(2)13-7-9-14(10-8-13)15(16-4)12(3)19(5,17)18/h7-12,15-16H,6H2,1-5H3. The van der Waals surface area contributed by atoms with Crippen LogP contribution < -0.4 is 5.32 Å². The number of rotatable bonds is 6. The molecule has 0 aliphatic rings. The summed E-state index contributed by atoms with van der Waals surface area (Å²) < 4.78 is 23.4. The van der Waals surface area contributed by atoms with Gasteiger partial charge in [-0.2, -0.15) is 0 Å². The molecule has 0 aliphatic heterocycles. The van der Waals surface area contributed by atoms with Crippen molar-refractivity contribution >= 4 is 9.84 Å². The predicted octanol–water partition coefficient (Wildman–Crippen LogP) is 2.89. The van der Waals surface area contributed by atoms with Crippen LogP contribution in [0.25, 0.3) is 0 Å². The molecule has 0 saturated heterocycles. The normalized spacial score (nSPS) is 16.9. The molecule has 4 heteroatoms. The number of sulfone groups is 1. The molecule has 0 aliphatic carbocycles. The van der Waals surface area contributed by atoms with Crippen LogP contribution in [-0.2, 0) is 9.84 Å². The zero-order valence-electron chi connectivity index (χ0n) is 12.5. The Balaban J connectivity index is 3.01. The van der Waals surface area contributed by atoms with Crippen molar-refractivity contribution in [2.45, 2.75) is 44.4 Å². The minimum Gasteiger partial charge on any atom is -0.312 e. The lowest BCUT2D eigenvalue weighted by Crippen LogP contribution is -2.32. The number of hydrogen-bond acceptors (Lipinski definition) is 3. The van der Waals surface area contributed by atoms with Crippen LogP contribution >= 0.6 is 0 Å². The maximum atomic E-state index is 11.7. The van der Waals surface area contributed by atoms with Gasteiger partial charge in [0.2, 0.25) is 0 Å². The van der Waals surface area contributed by atoms with E-state index in [1.165, 1.54) is 11.8 Å². The highest BCUT2D eigenvalue weighted by atomic mass is 32.2. The lowest BCUT2D eigenvalue weighted by molar-refractivity contribution is 0.534. The molecule has 0 aromatic heterocycles. The van der Waals surface area contributed by atoms with Gasteiger partial charge in [0.15, 0.2) is 9.84 Å². The molecule has 108 valence electrons. The minimum atomic E-state index is -3.06. The summed E-state index contributed by atoms with van der Waals surface area (Å²) in [5.74, 6) is 0.536. The molecule has 0 heterocycles. The monoisotopic (exact) mass is 283 g/mol. The van der Waals surface area contributed by atoms with E-state index in [2.05, 4.69) is 31.3 Å². The smallest absolute Gasteiger partial charge is 0.151 e. The van der Waals surface area contributed by atoms with Gasteiger partial charge in [-0.25, -0.2) is 8.42 Å². The quantitative estimate of drug-likeness (QED) is 0.873. The first-order chi connectivity index (χ1) is 8.81. The van der Waals surface area contributed by atoms with Crippen molar-refractivity contribution in [3.63, 3.8) is 0 Å². The summed E-state index contributed by atoms with van der Waals surface area (Å²) in [5, 5.41) is 2.67. The van der Waals surface area contributed by atoms with E-state index in [-0.39, 0.29) is 6.04 Å². The highest BCUT2D eigenvalue weighted by Crippen LogP contribution is 2.24. The van der Waals surface area contributed by atoms with E-state index >= 15 is 0 Å². The van der Waals surface area contributed by atoms with Crippen LogP contribution in [0.5, 0.6) is 0 Å². The predicted molar refractivity (Wildman–Crippen MR) is 81.3 cm³/mol. The molecule has 1 aromatic carbocycles. The van der Waals surface area contributed by atoms with Crippen LogP contribution in [-0.4, -0.2) is 27.0 Å². The Labute approximate surface area is 117 Å². The van der Waals surface area contributed by atoms with Gasteiger partial charge in [-0.15, -0.1) is 0 Å². The van der Waals surface area contributed by atoms with Gasteiger partial charge >= 0.3 is 0 Å². The average molecular weight is 283 g/mol. The first-order valence-corrected chi connectivity index (χ1v) is 8.72. The Morgan fingerprint density at radius 2 is 1.58 bits per heavy atom. The Kier molecular flexibility index (Phi) is 5.56. The van der Waals surface area contributed by atoms with E-state index < -0.39 is 15.1 Å². The third-order valence-corrected chi connectivity index (χ3v) is 5.56. The second kappa shape index (κ2) is 6.53. The van der Waals surface area contributed by atoms with Gasteiger partial charge in [0.1, 0.15) is 0 Å². The molecule has 0 bridgehead atoms. The molecular formula is C15H25NO2S. The van der Waals surface area contributed by atoms with E-state index in [1.54, 1.807) is 14.0 Å². The Morgan fingerprint density at radius 3 is 1.95 bits per heavy atom. The van der Waals surface area contributed by atoms with Crippen LogP contribution in [0.15, 0.2) is 24.3 Å². The number of nitrogens with one attached hydrogen (secondary N) is 1. The lowest BCUT2D eigenvalue weighted by Gasteiger charge is -2.23. The van der Waals surface area contributed by atoms with Gasteiger partial charge in [0.25, 0.3) is 0 Å². The summed E-state index contributed by atoms with van der Waals surface area (Å²) in [6.07, 6.45) is 2.39. The largest absolute Gasteiger partial charge is 0.312 e. The van der Waals surface area contributed by atoms with Gasteiger partial charge in [-0.3, -0.25) is 0 Å². The average Bonchev–Trinajstić information content (AvgIpc) is 2.38. The molecule has 19 heavy (non-hydrogen) atoms. The molecule has 3 nitrogen and oxygen atoms in total. The first kappa shape index (κ1) is 16.2. The molecule has 0 fully saturated rings. The highest BCUT2D eigenvalue weighted by Gasteiger charge is 2.25. The third-order valence-electron chi connectivity index (χ3n) is 3.93. The molecule has 1 aromatic rings. The minimum absolute atomic E-state index is 0.166. The van der Waals surface area contributed by atoms with Crippen molar-refractivity contribution < 1.29 is 8.42 Å². The molecule has 0 radical (unpaired) electrons. The van der Waals surface area contributed by atoms with Gasteiger partial charge in [-0.1, -0.05) is 38.1 Å². The Hall–Kier alpha value is -0.870. The van der Waals surface area contributed by atoms with Crippen molar-refractivity contribution in [3.8, 4) is 0 Å². The zero-order valence-corrected chi connectivity index (χ0v) is 13.3. The van der Waals surface area contributed by atoms with E-state index in [0.29, 0.717) is 5.92 Å². The molecule has 0 spiro atoms. The van der Waals surface area contributed by atoms with Crippen LogP contribution in [0, 0.1) is 0 Å². The second-order valence-electron chi connectivity index (χ2n) is 5.28. The van der Waals surface area contributed by atoms with Crippen LogP contribution in [0.1, 0.15) is 50.3 Å². The molecule has 0 amide bonds. The molecule has 3 atom stereocenters. The van der Waals surface area contributed by atoms with Crippen molar-refractivity contribution in [3.05, 3.63) is 35.4 Å². The maximum Gasteiger partial charge on any atom is 0.151 e. The van der Waals surface area contributed by atoms with Crippen molar-refractivity contribution in [1.82, 2.24) is 5.32 Å². The Morgan fingerprint density at radius 1 is 1.11 bits per heavy atom. The molecule has 3 unspecified atom stereocenters. The molecule has 0 saturated carbocycles. The summed E-state index contributed by atoms with van der Waals surface area (Å²) >= 11 is 0. The topological polar surface area (TPSA) is 46.2 Å². The van der Waals surface area contributed by atoms with Gasteiger partial charge in [0, 0.05) is 12.3 Å². The van der Waals surface area contributed by atoms with Gasteiger partial charge in [0.05, 0.1) is 5.25 Å². The van der Waals surface area contributed by atoms with Crippen LogP contribution in [0.3, 0.4) is 0 Å². The fourth-order valence-corrected chi connectivity index (χ4v) is 2.97. The van der Waals surface area contributed by atoms with Gasteiger partial charge < -0.3 is 5.32 Å². The van der Waals surface area contributed by atoms with Crippen LogP contribution in [0.2, 0.25) is 0 Å². The summed E-state index contributed by atoms with van der Waals surface area (Å²) in [6.45, 7) is 6.11. The van der Waals surface area contributed by atoms with E-state index in [0.717, 1.165) is 12.0 Å².